The van der Waals surface area contributed by atoms with Crippen LogP contribution in [0.1, 0.15) is 65.0 Å². The summed E-state index contributed by atoms with van der Waals surface area (Å²) in [7, 11) is 2.16. The van der Waals surface area contributed by atoms with Gasteiger partial charge in [0.2, 0.25) is 0 Å². The van der Waals surface area contributed by atoms with Crippen molar-refractivity contribution in [2.24, 2.45) is 10.9 Å². The zero-order valence-corrected chi connectivity index (χ0v) is 18.3. The highest BCUT2D eigenvalue weighted by molar-refractivity contribution is 5.81. The summed E-state index contributed by atoms with van der Waals surface area (Å²) in [5, 5.41) is 0. The van der Waals surface area contributed by atoms with E-state index in [4.69, 9.17) is 4.99 Å². The fourth-order valence-corrected chi connectivity index (χ4v) is 3.69. The van der Waals surface area contributed by atoms with Crippen molar-refractivity contribution < 1.29 is 0 Å². The lowest BCUT2D eigenvalue weighted by molar-refractivity contribution is 0.420. The Bertz CT molecular complexity index is 765. The van der Waals surface area contributed by atoms with Crippen molar-refractivity contribution in [1.29, 1.82) is 0 Å². The number of benzene rings is 1. The maximum Gasteiger partial charge on any atom is 0.102 e. The molecule has 0 saturated heterocycles. The van der Waals surface area contributed by atoms with E-state index in [0.29, 0.717) is 5.92 Å². The molecular formula is C26H36N2. The zero-order chi connectivity index (χ0) is 20.5. The van der Waals surface area contributed by atoms with E-state index < -0.39 is 0 Å². The lowest BCUT2D eigenvalue weighted by Crippen LogP contribution is -2.31. The van der Waals surface area contributed by atoms with Gasteiger partial charge in [0.05, 0.1) is 6.04 Å². The highest BCUT2D eigenvalue weighted by Gasteiger charge is 2.23. The molecule has 0 N–H and O–H groups in total. The predicted molar refractivity (Wildman–Crippen MR) is 123 cm³/mol. The van der Waals surface area contributed by atoms with Crippen LogP contribution in [0.3, 0.4) is 0 Å². The average Bonchev–Trinajstić information content (AvgIpc) is 2.72. The van der Waals surface area contributed by atoms with Gasteiger partial charge in [-0.15, -0.1) is 0 Å². The van der Waals surface area contributed by atoms with Crippen molar-refractivity contribution in [3.8, 4) is 0 Å². The number of rotatable bonds is 8. The molecule has 1 aromatic rings. The Kier molecular flexibility index (Phi) is 8.50. The molecule has 0 radical (unpaired) electrons. The Morgan fingerprint density at radius 1 is 1.29 bits per heavy atom. The molecule has 0 spiro atoms. The molecule has 2 heteroatoms. The summed E-state index contributed by atoms with van der Waals surface area (Å²) in [6.45, 7) is 12.8. The highest BCUT2D eigenvalue weighted by Crippen LogP contribution is 2.32. The van der Waals surface area contributed by atoms with E-state index in [1.807, 2.05) is 6.08 Å². The Morgan fingerprint density at radius 3 is 2.54 bits per heavy atom. The number of nitrogens with zero attached hydrogens (tertiary/aromatic N) is 2. The van der Waals surface area contributed by atoms with Gasteiger partial charge in [0.1, 0.15) is 5.84 Å². The molecule has 28 heavy (non-hydrogen) atoms. The van der Waals surface area contributed by atoms with Gasteiger partial charge in [0, 0.05) is 12.7 Å². The highest BCUT2D eigenvalue weighted by atomic mass is 15.2. The molecule has 0 aliphatic heterocycles. The Balaban J connectivity index is 2.42. The van der Waals surface area contributed by atoms with Gasteiger partial charge in [-0.2, -0.15) is 0 Å². The summed E-state index contributed by atoms with van der Waals surface area (Å²) in [6.07, 6.45) is 13.1. The van der Waals surface area contributed by atoms with Crippen molar-refractivity contribution in [2.75, 3.05) is 7.05 Å². The summed E-state index contributed by atoms with van der Waals surface area (Å²) in [5.74, 6) is 1.65. The van der Waals surface area contributed by atoms with Crippen LogP contribution in [0.2, 0.25) is 0 Å². The molecule has 1 aliphatic carbocycles. The fourth-order valence-electron chi connectivity index (χ4n) is 3.69. The third kappa shape index (κ3) is 5.58. The van der Waals surface area contributed by atoms with E-state index in [2.05, 4.69) is 94.8 Å². The molecular weight excluding hydrogens is 340 g/mol. The first-order chi connectivity index (χ1) is 13.5. The van der Waals surface area contributed by atoms with Gasteiger partial charge in [-0.3, -0.25) is 0 Å². The number of aliphatic imine (C=N–C) groups is 1. The molecule has 0 saturated carbocycles. The van der Waals surface area contributed by atoms with E-state index in [-0.39, 0.29) is 6.04 Å². The number of hydrogen-bond acceptors (Lipinski definition) is 1. The summed E-state index contributed by atoms with van der Waals surface area (Å²) >= 11 is 0. The van der Waals surface area contributed by atoms with E-state index >= 15 is 0 Å². The molecule has 0 aromatic heterocycles. The SMILES string of the molecule is C=C/C(CCC)=C(/CC)N=C(C)N(C)C(C1=CCC(C)C=C1)c1ccccc1. The Morgan fingerprint density at radius 2 is 2.00 bits per heavy atom. The second-order valence-corrected chi connectivity index (χ2v) is 7.64. The second kappa shape index (κ2) is 10.8. The average molecular weight is 377 g/mol. The molecule has 2 atom stereocenters. The van der Waals surface area contributed by atoms with Gasteiger partial charge in [0.25, 0.3) is 0 Å². The van der Waals surface area contributed by atoms with E-state index in [1.54, 1.807) is 0 Å². The molecule has 0 fully saturated rings. The third-order valence-corrected chi connectivity index (χ3v) is 5.44. The van der Waals surface area contributed by atoms with Gasteiger partial charge in [0.15, 0.2) is 0 Å². The topological polar surface area (TPSA) is 15.6 Å². The fraction of sp³-hybridized carbons (Fsp3) is 0.423. The maximum absolute atomic E-state index is 5.04. The summed E-state index contributed by atoms with van der Waals surface area (Å²) < 4.78 is 0. The van der Waals surface area contributed by atoms with Crippen LogP contribution in [-0.4, -0.2) is 17.8 Å². The van der Waals surface area contributed by atoms with Crippen LogP contribution < -0.4 is 0 Å². The quantitative estimate of drug-likeness (QED) is 0.265. The molecule has 150 valence electrons. The molecule has 0 bridgehead atoms. The minimum absolute atomic E-state index is 0.171. The zero-order valence-electron chi connectivity index (χ0n) is 18.3. The third-order valence-electron chi connectivity index (χ3n) is 5.44. The van der Waals surface area contributed by atoms with Crippen molar-refractivity contribution >= 4 is 5.84 Å². The Labute approximate surface area is 172 Å². The molecule has 2 nitrogen and oxygen atoms in total. The molecule has 1 aromatic carbocycles. The smallest absolute Gasteiger partial charge is 0.102 e. The van der Waals surface area contributed by atoms with Gasteiger partial charge in [-0.25, -0.2) is 4.99 Å². The van der Waals surface area contributed by atoms with Crippen LogP contribution in [-0.2, 0) is 0 Å². The normalized spacial score (nSPS) is 19.0. The summed E-state index contributed by atoms with van der Waals surface area (Å²) in [5.41, 5.74) is 5.06. The number of allylic oxidation sites excluding steroid dienone is 5. The minimum atomic E-state index is 0.171. The van der Waals surface area contributed by atoms with E-state index in [0.717, 1.165) is 37.2 Å². The summed E-state index contributed by atoms with van der Waals surface area (Å²) in [4.78, 5) is 7.35. The van der Waals surface area contributed by atoms with E-state index in [1.165, 1.54) is 16.7 Å². The molecule has 1 aliphatic rings. The first-order valence-electron chi connectivity index (χ1n) is 10.6. The standard InChI is InChI=1S/C26H36N2/c1-7-13-22(8-2)25(9-3)27-21(5)28(6)26(23-14-11-10-12-15-23)24-18-16-20(4)17-19-24/h8,10-12,14-16,18-20,26H,2,7,9,13,17H2,1,3-6H3/b25-22+,27-21?. The maximum atomic E-state index is 5.04. The second-order valence-electron chi connectivity index (χ2n) is 7.64. The van der Waals surface area contributed by atoms with Crippen molar-refractivity contribution in [1.82, 2.24) is 4.90 Å². The number of likely N-dealkylation sites (N-methyl/N-ethyl adjacent to an activating group) is 1. The lowest BCUT2D eigenvalue weighted by Gasteiger charge is -2.33. The lowest BCUT2D eigenvalue weighted by atomic mass is 9.90. The van der Waals surface area contributed by atoms with Gasteiger partial charge < -0.3 is 4.90 Å². The molecule has 2 rings (SSSR count). The van der Waals surface area contributed by atoms with Crippen molar-refractivity contribution in [3.63, 3.8) is 0 Å². The van der Waals surface area contributed by atoms with Crippen molar-refractivity contribution in [2.45, 2.75) is 59.4 Å². The monoisotopic (exact) mass is 376 g/mol. The van der Waals surface area contributed by atoms with Crippen LogP contribution in [0.4, 0.5) is 0 Å². The predicted octanol–water partition coefficient (Wildman–Crippen LogP) is 7.25. The molecule has 2 unspecified atom stereocenters. The van der Waals surface area contributed by atoms with Crippen LogP contribution in [0.25, 0.3) is 0 Å². The first-order valence-corrected chi connectivity index (χ1v) is 10.6. The van der Waals surface area contributed by atoms with Gasteiger partial charge >= 0.3 is 0 Å². The number of hydrogen-bond donors (Lipinski definition) is 0. The van der Waals surface area contributed by atoms with Crippen LogP contribution in [0, 0.1) is 5.92 Å². The van der Waals surface area contributed by atoms with Gasteiger partial charge in [-0.05, 0) is 48.8 Å². The minimum Gasteiger partial charge on any atom is -0.352 e. The van der Waals surface area contributed by atoms with E-state index in [9.17, 15) is 0 Å². The molecule has 0 amide bonds. The molecule has 0 heterocycles. The summed E-state index contributed by atoms with van der Waals surface area (Å²) in [6, 6.07) is 10.9. The first kappa shape index (κ1) is 21.9. The largest absolute Gasteiger partial charge is 0.352 e. The van der Waals surface area contributed by atoms with Crippen LogP contribution in [0.15, 0.2) is 83.1 Å². The van der Waals surface area contributed by atoms with Crippen LogP contribution in [0.5, 0.6) is 0 Å². The Hall–Kier alpha value is -2.35. The van der Waals surface area contributed by atoms with Crippen molar-refractivity contribution in [3.05, 3.63) is 83.6 Å². The van der Waals surface area contributed by atoms with Crippen LogP contribution >= 0.6 is 0 Å². The number of amidine groups is 1. The van der Waals surface area contributed by atoms with Gasteiger partial charge in [-0.1, -0.05) is 88.4 Å².